The molecule has 0 aliphatic carbocycles. The van der Waals surface area contributed by atoms with Gasteiger partial charge < -0.3 is 93.2 Å². The largest absolute Gasteiger partial charge is 3.00 e. The minimum absolute atomic E-state index is 0. The normalized spacial score (nSPS) is 7.80. The summed E-state index contributed by atoms with van der Waals surface area (Å²) in [5.41, 5.74) is -1.73. The van der Waals surface area contributed by atoms with Crippen molar-refractivity contribution >= 4 is 17.9 Å². The van der Waals surface area contributed by atoms with Crippen LogP contribution in [0.4, 0.5) is 0 Å². The maximum atomic E-state index is 10.2. The zero-order valence-electron chi connectivity index (χ0n) is 20.0. The molecule has 3 aromatic carbocycles. The summed E-state index contributed by atoms with van der Waals surface area (Å²) < 4.78 is 0. The van der Waals surface area contributed by atoms with E-state index in [-0.39, 0.29) is 72.8 Å². The van der Waals surface area contributed by atoms with Crippen molar-refractivity contribution in [2.45, 2.75) is 0 Å². The zero-order chi connectivity index (χ0) is 25.3. The quantitative estimate of drug-likeness (QED) is 0.137. The van der Waals surface area contributed by atoms with Gasteiger partial charge in [0.25, 0.3) is 0 Å². The molecule has 22 N–H and O–H groups in total. The second-order valence-electron chi connectivity index (χ2n) is 5.88. The average molecular weight is 729 g/mol. The van der Waals surface area contributed by atoms with Gasteiger partial charge in [0.05, 0.1) is 34.6 Å². The minimum atomic E-state index is -1.60. The number of phenols is 6. The van der Waals surface area contributed by atoms with Crippen LogP contribution in [-0.4, -0.2) is 59.5 Å². The molecule has 0 aromatic heterocycles. The average Bonchev–Trinajstić information content (AvgIpc) is 2.68. The fourth-order valence-corrected chi connectivity index (χ4v) is 2.21. The van der Waals surface area contributed by atoms with E-state index in [9.17, 15) is 29.7 Å². The molecular weight excluding hydrogens is 697 g/mol. The summed E-state index contributed by atoms with van der Waals surface area (Å²) in [7, 11) is 0. The van der Waals surface area contributed by atoms with Crippen LogP contribution in [0.15, 0.2) is 54.6 Å². The third-order valence-corrected chi connectivity index (χ3v) is 3.67. The van der Waals surface area contributed by atoms with Crippen LogP contribution in [0.25, 0.3) is 0 Å². The van der Waals surface area contributed by atoms with Crippen LogP contribution in [-0.2, 0) is 21.9 Å². The fraction of sp³-hybridized carbons (Fsp3) is 0. The van der Waals surface area contributed by atoms with Crippen LogP contribution in [0, 0.1) is 39.9 Å². The van der Waals surface area contributed by atoms with Crippen LogP contribution in [0.1, 0.15) is 31.1 Å². The van der Waals surface area contributed by atoms with E-state index in [0.717, 1.165) is 36.4 Å². The SMILES string of the molecule is O.O.O=C([O-])c1c(O)cccc1O.O=C([O-])c1c(O)cccc1O.O=C([O-])c1c(O)cccc1O.[Gd+3].[OH3+].[OH3+].[OH3+].[OH3+]. The van der Waals surface area contributed by atoms with Gasteiger partial charge in [-0.3, -0.25) is 0 Å². The van der Waals surface area contributed by atoms with Crippen LogP contribution >= 0.6 is 0 Å². The molecule has 0 amide bonds. The molecule has 3 rings (SSSR count). The predicted octanol–water partition coefficient (Wildman–Crippen LogP) is -6.95. The van der Waals surface area contributed by atoms with E-state index in [0.29, 0.717) is 0 Å². The maximum Gasteiger partial charge on any atom is 3.00 e. The van der Waals surface area contributed by atoms with Crippen LogP contribution in [0.5, 0.6) is 34.5 Å². The molecule has 0 heterocycles. The summed E-state index contributed by atoms with van der Waals surface area (Å²) in [5.74, 6) is -7.76. The Hall–Kier alpha value is -4.05. The predicted molar refractivity (Wildman–Crippen MR) is 129 cm³/mol. The van der Waals surface area contributed by atoms with E-state index in [1.807, 2.05) is 0 Å². The smallest absolute Gasteiger partial charge is 0.545 e. The molecule has 18 nitrogen and oxygen atoms in total. The van der Waals surface area contributed by atoms with Gasteiger partial charge in [0, 0.05) is 0 Å². The van der Waals surface area contributed by atoms with Crippen LogP contribution in [0.3, 0.4) is 0 Å². The molecule has 0 saturated carbocycles. The number of hydrogen-bond donors (Lipinski definition) is 6. The fourth-order valence-electron chi connectivity index (χ4n) is 2.21. The number of carbonyl (C=O) groups is 3. The molecule has 0 fully saturated rings. The van der Waals surface area contributed by atoms with E-state index in [4.69, 9.17) is 30.6 Å². The van der Waals surface area contributed by atoms with Gasteiger partial charge in [-0.05, 0) is 36.4 Å². The number of carbonyl (C=O) groups excluding carboxylic acids is 3. The summed E-state index contributed by atoms with van der Waals surface area (Å²) in [6.45, 7) is 0. The molecule has 0 bridgehead atoms. The Kier molecular flexibility index (Phi) is 31.5. The number of aromatic carboxylic acids is 3. The van der Waals surface area contributed by atoms with Gasteiger partial charge in [0.2, 0.25) is 0 Å². The molecule has 0 aliphatic rings. The summed E-state index contributed by atoms with van der Waals surface area (Å²) in [6, 6.07) is 10.9. The van der Waals surface area contributed by atoms with Gasteiger partial charge in [0.15, 0.2) is 0 Å². The molecular formula is C21H31GdO18+4. The van der Waals surface area contributed by atoms with E-state index in [2.05, 4.69) is 0 Å². The molecule has 0 atom stereocenters. The Balaban J connectivity index is -0.0000000751. The molecule has 1 radical (unpaired) electrons. The van der Waals surface area contributed by atoms with Gasteiger partial charge in [-0.2, -0.15) is 0 Å². The number of benzene rings is 3. The summed E-state index contributed by atoms with van der Waals surface area (Å²) >= 11 is 0. The molecule has 0 unspecified atom stereocenters. The molecule has 19 heteroatoms. The molecule has 40 heavy (non-hydrogen) atoms. The van der Waals surface area contributed by atoms with Gasteiger partial charge in [-0.15, -0.1) is 0 Å². The molecule has 0 spiro atoms. The first-order valence-electron chi connectivity index (χ1n) is 8.55. The number of aromatic hydroxyl groups is 6. The second kappa shape index (κ2) is 24.0. The topological polar surface area (TPSA) is 437 Å². The van der Waals surface area contributed by atoms with Crippen LogP contribution < -0.4 is 15.3 Å². The Morgan fingerprint density at radius 2 is 0.550 bits per heavy atom. The Morgan fingerprint density at radius 1 is 0.425 bits per heavy atom. The minimum Gasteiger partial charge on any atom is -0.545 e. The summed E-state index contributed by atoms with van der Waals surface area (Å²) in [5, 5.41) is 83.9. The Morgan fingerprint density at radius 3 is 0.625 bits per heavy atom. The first-order valence-corrected chi connectivity index (χ1v) is 8.55. The maximum absolute atomic E-state index is 10.2. The Labute approximate surface area is 255 Å². The monoisotopic (exact) mass is 729 g/mol. The zero-order valence-corrected chi connectivity index (χ0v) is 22.3. The standard InChI is InChI=1S/3C7H6O4.Gd.6H2O/c3*8-4-2-1-3-5(9)6(4)7(10)11;;;;;;;/h3*1-3,8-9H,(H,10,11);;6*1H2/q;;;+3;;;;;;/p+1. The summed E-state index contributed by atoms with van der Waals surface area (Å²) in [4.78, 5) is 30.6. The second-order valence-corrected chi connectivity index (χ2v) is 5.88. The van der Waals surface area contributed by atoms with Crippen molar-refractivity contribution in [3.8, 4) is 34.5 Å². The van der Waals surface area contributed by atoms with Crippen molar-refractivity contribution in [3.63, 3.8) is 0 Å². The van der Waals surface area contributed by atoms with Gasteiger partial charge in [-0.1, -0.05) is 18.2 Å². The molecule has 227 valence electrons. The third kappa shape index (κ3) is 14.8. The first kappa shape index (κ1) is 52.4. The van der Waals surface area contributed by atoms with Crippen LogP contribution in [0.2, 0.25) is 0 Å². The van der Waals surface area contributed by atoms with Crippen molar-refractivity contribution in [2.24, 2.45) is 0 Å². The summed E-state index contributed by atoms with van der Waals surface area (Å²) in [6.07, 6.45) is 0. The number of rotatable bonds is 3. The van der Waals surface area contributed by atoms with Crippen molar-refractivity contribution in [1.29, 1.82) is 0 Å². The first-order chi connectivity index (χ1) is 15.4. The van der Waals surface area contributed by atoms with Gasteiger partial charge in [0.1, 0.15) is 34.5 Å². The number of carboxylic acid groups (broad SMARTS) is 3. The van der Waals surface area contributed by atoms with E-state index >= 15 is 0 Å². The number of carboxylic acids is 3. The third-order valence-electron chi connectivity index (χ3n) is 3.67. The number of hydrogen-bond acceptors (Lipinski definition) is 12. The van der Waals surface area contributed by atoms with Crippen molar-refractivity contribution in [1.82, 2.24) is 0 Å². The van der Waals surface area contributed by atoms with E-state index in [1.54, 1.807) is 0 Å². The molecule has 3 aromatic rings. The van der Waals surface area contributed by atoms with Crippen molar-refractivity contribution in [3.05, 3.63) is 71.3 Å². The van der Waals surface area contributed by atoms with Gasteiger partial charge >= 0.3 is 39.9 Å². The van der Waals surface area contributed by atoms with Crippen molar-refractivity contribution in [2.75, 3.05) is 0 Å². The van der Waals surface area contributed by atoms with Gasteiger partial charge in [-0.25, -0.2) is 0 Å². The van der Waals surface area contributed by atoms with E-state index in [1.165, 1.54) is 18.2 Å². The van der Waals surface area contributed by atoms with E-state index < -0.39 is 69.1 Å². The molecule has 0 saturated heterocycles. The van der Waals surface area contributed by atoms with Crippen molar-refractivity contribution < 1.29 is 133 Å². The molecule has 0 aliphatic heterocycles. The Bertz CT molecular complexity index is 977.